The number of amides is 2. The number of methoxy groups -OCH3 is 1. The third-order valence-corrected chi connectivity index (χ3v) is 9.54. The van der Waals surface area contributed by atoms with Gasteiger partial charge in [-0.3, -0.25) is 13.9 Å². The summed E-state index contributed by atoms with van der Waals surface area (Å²) in [5.74, 6) is -0.376. The molecular weight excluding hydrogens is 550 g/mol. The van der Waals surface area contributed by atoms with Crippen molar-refractivity contribution in [2.75, 3.05) is 18.0 Å². The number of rotatable bonds is 12. The van der Waals surface area contributed by atoms with Crippen molar-refractivity contribution in [3.63, 3.8) is 0 Å². The molecule has 0 aromatic heterocycles. The first kappa shape index (κ1) is 31.1. The number of hydrogen-bond donors (Lipinski definition) is 1. The second kappa shape index (κ2) is 13.9. The van der Waals surface area contributed by atoms with E-state index in [1.165, 1.54) is 24.1 Å². The summed E-state index contributed by atoms with van der Waals surface area (Å²) in [5, 5.41) is 3.14. The Kier molecular flexibility index (Phi) is 10.3. The van der Waals surface area contributed by atoms with Gasteiger partial charge in [-0.15, -0.1) is 0 Å². The van der Waals surface area contributed by atoms with Crippen molar-refractivity contribution in [2.24, 2.45) is 0 Å². The smallest absolute Gasteiger partial charge is 0.264 e. The summed E-state index contributed by atoms with van der Waals surface area (Å²) in [5.41, 5.74) is 3.05. The number of nitrogens with zero attached hydrogens (tertiary/aromatic N) is 2. The van der Waals surface area contributed by atoms with E-state index in [1.807, 2.05) is 45.0 Å². The average Bonchev–Trinajstić information content (AvgIpc) is 3.49. The van der Waals surface area contributed by atoms with Gasteiger partial charge < -0.3 is 15.0 Å². The molecule has 1 atom stereocenters. The first-order valence-electron chi connectivity index (χ1n) is 14.5. The molecule has 3 aromatic carbocycles. The van der Waals surface area contributed by atoms with Crippen LogP contribution in [0.15, 0.2) is 77.7 Å². The normalized spacial score (nSPS) is 14.3. The molecule has 9 heteroatoms. The molecule has 1 saturated carbocycles. The lowest BCUT2D eigenvalue weighted by Crippen LogP contribution is -2.53. The number of anilines is 1. The topological polar surface area (TPSA) is 96.0 Å². The zero-order valence-electron chi connectivity index (χ0n) is 24.9. The molecule has 0 aliphatic heterocycles. The number of ether oxygens (including phenoxy) is 1. The zero-order chi connectivity index (χ0) is 30.3. The maximum absolute atomic E-state index is 14.3. The minimum atomic E-state index is -4.18. The van der Waals surface area contributed by atoms with Crippen molar-refractivity contribution in [1.82, 2.24) is 10.2 Å². The van der Waals surface area contributed by atoms with E-state index in [0.717, 1.165) is 46.7 Å². The molecule has 4 rings (SSSR count). The van der Waals surface area contributed by atoms with Crippen molar-refractivity contribution in [3.8, 4) is 5.75 Å². The van der Waals surface area contributed by atoms with Gasteiger partial charge >= 0.3 is 0 Å². The van der Waals surface area contributed by atoms with E-state index < -0.39 is 28.5 Å². The Morgan fingerprint density at radius 3 is 2.29 bits per heavy atom. The minimum absolute atomic E-state index is 0.0584. The Bertz CT molecular complexity index is 1480. The summed E-state index contributed by atoms with van der Waals surface area (Å²) in [4.78, 5) is 29.5. The van der Waals surface area contributed by atoms with Crippen LogP contribution in [0.5, 0.6) is 5.75 Å². The van der Waals surface area contributed by atoms with Gasteiger partial charge in [0.1, 0.15) is 18.3 Å². The fraction of sp³-hybridized carbons (Fsp3) is 0.394. The van der Waals surface area contributed by atoms with E-state index in [9.17, 15) is 18.0 Å². The number of para-hydroxylation sites is 2. The molecule has 0 heterocycles. The molecule has 0 bridgehead atoms. The van der Waals surface area contributed by atoms with Gasteiger partial charge in [-0.25, -0.2) is 8.42 Å². The predicted molar refractivity (Wildman–Crippen MR) is 165 cm³/mol. The summed E-state index contributed by atoms with van der Waals surface area (Å²) in [7, 11) is -2.72. The molecule has 8 nitrogen and oxygen atoms in total. The van der Waals surface area contributed by atoms with Crippen LogP contribution in [0, 0.1) is 13.8 Å². The van der Waals surface area contributed by atoms with Crippen LogP contribution in [-0.2, 0) is 26.2 Å². The van der Waals surface area contributed by atoms with Crippen LogP contribution < -0.4 is 14.4 Å². The number of sulfonamides is 1. The Hall–Kier alpha value is -3.85. The lowest BCUT2D eigenvalue weighted by molar-refractivity contribution is -0.140. The second-order valence-corrected chi connectivity index (χ2v) is 12.8. The van der Waals surface area contributed by atoms with E-state index in [0.29, 0.717) is 12.2 Å². The fourth-order valence-electron chi connectivity index (χ4n) is 5.48. The summed E-state index contributed by atoms with van der Waals surface area (Å²) in [6.07, 6.45) is 4.36. The third-order valence-electron chi connectivity index (χ3n) is 7.76. The van der Waals surface area contributed by atoms with Gasteiger partial charge in [0.25, 0.3) is 10.0 Å². The molecule has 1 N–H and O–H groups in total. The Labute approximate surface area is 249 Å². The van der Waals surface area contributed by atoms with E-state index in [2.05, 4.69) is 5.32 Å². The van der Waals surface area contributed by atoms with Crippen molar-refractivity contribution < 1.29 is 22.7 Å². The first-order chi connectivity index (χ1) is 20.1. The molecule has 3 aromatic rings. The number of benzene rings is 3. The molecule has 0 radical (unpaired) electrons. The van der Waals surface area contributed by atoms with E-state index >= 15 is 0 Å². The maximum Gasteiger partial charge on any atom is 0.264 e. The van der Waals surface area contributed by atoms with E-state index in [-0.39, 0.29) is 29.1 Å². The van der Waals surface area contributed by atoms with Gasteiger partial charge in [0.05, 0.1) is 17.7 Å². The lowest BCUT2D eigenvalue weighted by atomic mass is 10.1. The highest BCUT2D eigenvalue weighted by atomic mass is 32.2. The van der Waals surface area contributed by atoms with Crippen LogP contribution in [0.2, 0.25) is 0 Å². The van der Waals surface area contributed by atoms with Gasteiger partial charge in [-0.1, -0.05) is 79.4 Å². The van der Waals surface area contributed by atoms with Crippen LogP contribution in [0.3, 0.4) is 0 Å². The van der Waals surface area contributed by atoms with Crippen molar-refractivity contribution in [2.45, 2.75) is 76.4 Å². The van der Waals surface area contributed by atoms with Gasteiger partial charge in [-0.2, -0.15) is 0 Å². The van der Waals surface area contributed by atoms with Crippen molar-refractivity contribution in [1.29, 1.82) is 0 Å². The molecule has 42 heavy (non-hydrogen) atoms. The highest BCUT2D eigenvalue weighted by molar-refractivity contribution is 7.92. The predicted octanol–water partition coefficient (Wildman–Crippen LogP) is 5.37. The van der Waals surface area contributed by atoms with Crippen LogP contribution in [0.25, 0.3) is 0 Å². The molecule has 2 amide bonds. The SMILES string of the molecule is CC[C@H](C(=O)NC1CCCC1)N(Cc1cccc(C)c1)C(=O)CN(c1ccccc1OC)S(=O)(=O)c1ccc(C)cc1. The number of carbonyl (C=O) groups excluding carboxylic acids is 2. The number of nitrogens with one attached hydrogen (secondary N) is 1. The molecule has 0 spiro atoms. The van der Waals surface area contributed by atoms with Gasteiger partial charge in [0, 0.05) is 12.6 Å². The van der Waals surface area contributed by atoms with Crippen LogP contribution in [0.4, 0.5) is 5.69 Å². The molecule has 1 aliphatic carbocycles. The molecule has 1 fully saturated rings. The zero-order valence-corrected chi connectivity index (χ0v) is 25.7. The van der Waals surface area contributed by atoms with Gasteiger partial charge in [0.2, 0.25) is 11.8 Å². The Morgan fingerprint density at radius 1 is 0.952 bits per heavy atom. The molecule has 0 saturated heterocycles. The van der Waals surface area contributed by atoms with Crippen LogP contribution in [-0.4, -0.2) is 50.9 Å². The van der Waals surface area contributed by atoms with Crippen LogP contribution >= 0.6 is 0 Å². The summed E-state index contributed by atoms with van der Waals surface area (Å²) < 4.78 is 34.8. The summed E-state index contributed by atoms with van der Waals surface area (Å²) in [6, 6.07) is 20.3. The van der Waals surface area contributed by atoms with Crippen LogP contribution in [0.1, 0.15) is 55.7 Å². The highest BCUT2D eigenvalue weighted by Gasteiger charge is 2.35. The van der Waals surface area contributed by atoms with E-state index in [1.54, 1.807) is 36.4 Å². The summed E-state index contributed by atoms with van der Waals surface area (Å²) in [6.45, 7) is 5.38. The molecule has 0 unspecified atom stereocenters. The second-order valence-electron chi connectivity index (χ2n) is 10.9. The Balaban J connectivity index is 1.74. The first-order valence-corrected chi connectivity index (χ1v) is 16.0. The number of carbonyl (C=O) groups is 2. The largest absolute Gasteiger partial charge is 0.495 e. The summed E-state index contributed by atoms with van der Waals surface area (Å²) >= 11 is 0. The lowest BCUT2D eigenvalue weighted by Gasteiger charge is -2.34. The van der Waals surface area contributed by atoms with Gasteiger partial charge in [-0.05, 0) is 62.9 Å². The van der Waals surface area contributed by atoms with E-state index in [4.69, 9.17) is 4.74 Å². The molecule has 1 aliphatic rings. The highest BCUT2D eigenvalue weighted by Crippen LogP contribution is 2.33. The fourth-order valence-corrected chi connectivity index (χ4v) is 6.91. The molecular formula is C33H41N3O5S. The average molecular weight is 592 g/mol. The quantitative estimate of drug-likeness (QED) is 0.305. The Morgan fingerprint density at radius 2 is 1.64 bits per heavy atom. The van der Waals surface area contributed by atoms with Crippen molar-refractivity contribution in [3.05, 3.63) is 89.5 Å². The third kappa shape index (κ3) is 7.31. The number of aryl methyl sites for hydroxylation is 2. The standard InChI is InChI=1S/C33H41N3O5S/c1-5-29(33(38)34-27-13-6-7-14-27)35(22-26-12-10-11-25(3)21-26)32(37)23-36(30-15-8-9-16-31(30)41-4)42(39,40)28-19-17-24(2)18-20-28/h8-12,15-21,27,29H,5-7,13-14,22-23H2,1-4H3,(H,34,38)/t29-/m1/s1. The monoisotopic (exact) mass is 591 g/mol. The van der Waals surface area contributed by atoms with Gasteiger partial charge in [0.15, 0.2) is 0 Å². The van der Waals surface area contributed by atoms with Crippen molar-refractivity contribution >= 4 is 27.5 Å². The number of hydrogen-bond acceptors (Lipinski definition) is 5. The maximum atomic E-state index is 14.3. The molecule has 224 valence electrons. The minimum Gasteiger partial charge on any atom is -0.495 e.